The molecule has 0 fully saturated rings. The molecule has 0 spiro atoms. The standard InChI is InChI=1S/C16H24N4OS/c1-16(2,3)20-11-14(10-19-20)9-18-15-8-13(4-5-17-15)12-22-7-6-21/h4-5,8,10-11,21H,6-7,9,12H2,1-3H3,(H,17,18). The van der Waals surface area contributed by atoms with Crippen LogP contribution >= 0.6 is 11.8 Å². The summed E-state index contributed by atoms with van der Waals surface area (Å²) in [6, 6.07) is 4.06. The summed E-state index contributed by atoms with van der Waals surface area (Å²) < 4.78 is 1.97. The molecule has 2 aromatic rings. The van der Waals surface area contributed by atoms with E-state index in [1.165, 1.54) is 5.56 Å². The lowest BCUT2D eigenvalue weighted by Gasteiger charge is -2.18. The van der Waals surface area contributed by atoms with Crippen LogP contribution < -0.4 is 5.32 Å². The van der Waals surface area contributed by atoms with Gasteiger partial charge >= 0.3 is 0 Å². The minimum atomic E-state index is 0.000343. The average Bonchev–Trinajstić information content (AvgIpc) is 2.95. The zero-order valence-electron chi connectivity index (χ0n) is 13.4. The molecule has 2 rings (SSSR count). The fourth-order valence-corrected chi connectivity index (χ4v) is 2.61. The first kappa shape index (κ1) is 16.8. The number of hydrogen-bond acceptors (Lipinski definition) is 5. The van der Waals surface area contributed by atoms with E-state index in [2.05, 4.69) is 48.4 Å². The van der Waals surface area contributed by atoms with Crippen molar-refractivity contribution in [2.75, 3.05) is 17.7 Å². The summed E-state index contributed by atoms with van der Waals surface area (Å²) in [4.78, 5) is 4.34. The van der Waals surface area contributed by atoms with Crippen molar-refractivity contribution in [1.29, 1.82) is 0 Å². The lowest BCUT2D eigenvalue weighted by atomic mass is 10.1. The minimum Gasteiger partial charge on any atom is -0.396 e. The Kier molecular flexibility index (Phi) is 5.85. The van der Waals surface area contributed by atoms with Crippen molar-refractivity contribution in [3.05, 3.63) is 41.9 Å². The molecule has 0 unspecified atom stereocenters. The van der Waals surface area contributed by atoms with Crippen LogP contribution in [0.1, 0.15) is 31.9 Å². The highest BCUT2D eigenvalue weighted by molar-refractivity contribution is 7.98. The first-order chi connectivity index (χ1) is 10.5. The van der Waals surface area contributed by atoms with Crippen LogP contribution in [0.4, 0.5) is 5.82 Å². The van der Waals surface area contributed by atoms with E-state index < -0.39 is 0 Å². The molecule has 0 aliphatic rings. The molecule has 0 radical (unpaired) electrons. The highest BCUT2D eigenvalue weighted by Gasteiger charge is 2.13. The molecule has 0 atom stereocenters. The molecule has 5 nitrogen and oxygen atoms in total. The third-order valence-corrected chi connectivity index (χ3v) is 4.13. The zero-order valence-corrected chi connectivity index (χ0v) is 14.2. The number of aromatic nitrogens is 3. The molecule has 2 aromatic heterocycles. The smallest absolute Gasteiger partial charge is 0.126 e. The molecule has 0 saturated heterocycles. The van der Waals surface area contributed by atoms with E-state index in [0.717, 1.165) is 22.9 Å². The second kappa shape index (κ2) is 7.65. The molecule has 0 aliphatic carbocycles. The predicted octanol–water partition coefficient (Wildman–Crippen LogP) is 2.87. The lowest BCUT2D eigenvalue weighted by molar-refractivity contribution is 0.322. The molecule has 120 valence electrons. The quantitative estimate of drug-likeness (QED) is 0.768. The Balaban J connectivity index is 1.91. The second-order valence-corrected chi connectivity index (χ2v) is 7.25. The number of aliphatic hydroxyl groups is 1. The van der Waals surface area contributed by atoms with Crippen molar-refractivity contribution in [3.8, 4) is 0 Å². The summed E-state index contributed by atoms with van der Waals surface area (Å²) in [5, 5.41) is 16.5. The van der Waals surface area contributed by atoms with Gasteiger partial charge < -0.3 is 10.4 Å². The van der Waals surface area contributed by atoms with E-state index in [9.17, 15) is 0 Å². The molecular formula is C16H24N4OS. The van der Waals surface area contributed by atoms with Gasteiger partial charge in [0.25, 0.3) is 0 Å². The molecule has 0 bridgehead atoms. The average molecular weight is 320 g/mol. The summed E-state index contributed by atoms with van der Waals surface area (Å²) in [5.41, 5.74) is 2.35. The maximum atomic E-state index is 8.81. The molecule has 0 aromatic carbocycles. The first-order valence-electron chi connectivity index (χ1n) is 7.40. The first-order valence-corrected chi connectivity index (χ1v) is 8.56. The maximum absolute atomic E-state index is 8.81. The van der Waals surface area contributed by atoms with Crippen LogP contribution in [0.3, 0.4) is 0 Å². The van der Waals surface area contributed by atoms with Gasteiger partial charge in [-0.15, -0.1) is 0 Å². The predicted molar refractivity (Wildman–Crippen MR) is 92.0 cm³/mol. The number of rotatable bonds is 7. The molecule has 0 saturated carbocycles. The van der Waals surface area contributed by atoms with Gasteiger partial charge in [-0.25, -0.2) is 4.98 Å². The summed E-state index contributed by atoms with van der Waals surface area (Å²) in [5.74, 6) is 2.52. The van der Waals surface area contributed by atoms with Crippen LogP contribution in [0.5, 0.6) is 0 Å². The van der Waals surface area contributed by atoms with Crippen molar-refractivity contribution in [3.63, 3.8) is 0 Å². The molecule has 0 aliphatic heterocycles. The van der Waals surface area contributed by atoms with Gasteiger partial charge in [0.1, 0.15) is 5.82 Å². The Bertz CT molecular complexity index is 592. The van der Waals surface area contributed by atoms with Crippen molar-refractivity contribution in [2.45, 2.75) is 38.6 Å². The summed E-state index contributed by atoms with van der Waals surface area (Å²) in [6.45, 7) is 7.32. The molecule has 22 heavy (non-hydrogen) atoms. The lowest BCUT2D eigenvalue weighted by Crippen LogP contribution is -2.21. The van der Waals surface area contributed by atoms with Gasteiger partial charge in [-0.3, -0.25) is 4.68 Å². The second-order valence-electron chi connectivity index (χ2n) is 6.14. The monoisotopic (exact) mass is 320 g/mol. The number of nitrogens with zero attached hydrogens (tertiary/aromatic N) is 3. The minimum absolute atomic E-state index is 0.000343. The Labute approximate surface area is 136 Å². The number of nitrogens with one attached hydrogen (secondary N) is 1. The van der Waals surface area contributed by atoms with Gasteiger partial charge in [0, 0.05) is 36.0 Å². The van der Waals surface area contributed by atoms with E-state index in [1.807, 2.05) is 23.1 Å². The number of anilines is 1. The van der Waals surface area contributed by atoms with Crippen molar-refractivity contribution >= 4 is 17.6 Å². The van der Waals surface area contributed by atoms with Crippen LogP contribution in [0.25, 0.3) is 0 Å². The number of pyridine rings is 1. The molecule has 2 N–H and O–H groups in total. The van der Waals surface area contributed by atoms with E-state index in [4.69, 9.17) is 5.11 Å². The Morgan fingerprint density at radius 3 is 2.82 bits per heavy atom. The summed E-state index contributed by atoms with van der Waals surface area (Å²) >= 11 is 1.72. The van der Waals surface area contributed by atoms with Gasteiger partial charge in [-0.2, -0.15) is 16.9 Å². The van der Waals surface area contributed by atoms with Gasteiger partial charge in [0.05, 0.1) is 18.3 Å². The Morgan fingerprint density at radius 1 is 1.32 bits per heavy atom. The Hall–Kier alpha value is -1.53. The number of aliphatic hydroxyl groups excluding tert-OH is 1. The van der Waals surface area contributed by atoms with Crippen molar-refractivity contribution in [2.24, 2.45) is 0 Å². The summed E-state index contributed by atoms with van der Waals surface area (Å²) in [6.07, 6.45) is 5.77. The van der Waals surface area contributed by atoms with Gasteiger partial charge in [0.15, 0.2) is 0 Å². The summed E-state index contributed by atoms with van der Waals surface area (Å²) in [7, 11) is 0. The van der Waals surface area contributed by atoms with Crippen LogP contribution in [-0.2, 0) is 17.8 Å². The topological polar surface area (TPSA) is 63.0 Å². The fraction of sp³-hybridized carbons (Fsp3) is 0.500. The maximum Gasteiger partial charge on any atom is 0.126 e. The van der Waals surface area contributed by atoms with Crippen LogP contribution in [0, 0.1) is 0 Å². The van der Waals surface area contributed by atoms with E-state index in [1.54, 1.807) is 11.8 Å². The van der Waals surface area contributed by atoms with E-state index in [0.29, 0.717) is 6.54 Å². The van der Waals surface area contributed by atoms with Crippen molar-refractivity contribution in [1.82, 2.24) is 14.8 Å². The van der Waals surface area contributed by atoms with Crippen LogP contribution in [0.2, 0.25) is 0 Å². The van der Waals surface area contributed by atoms with Gasteiger partial charge in [0.2, 0.25) is 0 Å². The highest BCUT2D eigenvalue weighted by Crippen LogP contribution is 2.16. The molecular weight excluding hydrogens is 296 g/mol. The normalized spacial score (nSPS) is 11.6. The molecule has 0 amide bonds. The van der Waals surface area contributed by atoms with E-state index >= 15 is 0 Å². The Morgan fingerprint density at radius 2 is 2.14 bits per heavy atom. The third-order valence-electron chi connectivity index (χ3n) is 3.13. The largest absolute Gasteiger partial charge is 0.396 e. The fourth-order valence-electron chi connectivity index (χ4n) is 1.93. The third kappa shape index (κ3) is 5.03. The van der Waals surface area contributed by atoms with Crippen LogP contribution in [0.15, 0.2) is 30.7 Å². The van der Waals surface area contributed by atoms with Gasteiger partial charge in [-0.1, -0.05) is 0 Å². The molecule has 2 heterocycles. The van der Waals surface area contributed by atoms with Crippen LogP contribution in [-0.4, -0.2) is 32.2 Å². The number of hydrogen-bond donors (Lipinski definition) is 2. The molecule has 6 heteroatoms. The van der Waals surface area contributed by atoms with Crippen molar-refractivity contribution < 1.29 is 5.11 Å². The van der Waals surface area contributed by atoms with E-state index in [-0.39, 0.29) is 12.1 Å². The van der Waals surface area contributed by atoms with Gasteiger partial charge in [-0.05, 0) is 38.5 Å². The zero-order chi connectivity index (χ0) is 16.0. The SMILES string of the molecule is CC(C)(C)n1cc(CNc2cc(CSCCO)ccn2)cn1. The number of thioether (sulfide) groups is 1. The highest BCUT2D eigenvalue weighted by atomic mass is 32.2.